The van der Waals surface area contributed by atoms with Crippen LogP contribution in [-0.2, 0) is 16.9 Å². The van der Waals surface area contributed by atoms with Gasteiger partial charge < -0.3 is 14.4 Å². The van der Waals surface area contributed by atoms with Crippen LogP contribution in [0.25, 0.3) is 22.6 Å². The van der Waals surface area contributed by atoms with E-state index in [1.807, 2.05) is 22.9 Å². The van der Waals surface area contributed by atoms with Gasteiger partial charge in [-0.2, -0.15) is 10.1 Å². The van der Waals surface area contributed by atoms with Crippen molar-refractivity contribution in [3.63, 3.8) is 0 Å². The minimum Gasteiger partial charge on any atom is -0.385 e. The molecule has 3 heterocycles. The van der Waals surface area contributed by atoms with E-state index < -0.39 is 5.60 Å². The smallest absolute Gasteiger partial charge is 0.214 e. The van der Waals surface area contributed by atoms with E-state index in [0.717, 1.165) is 28.1 Å². The minimum atomic E-state index is -0.914. The number of hydrogen-bond donors (Lipinski definition) is 1. The highest BCUT2D eigenvalue weighted by molar-refractivity contribution is 5.79. The van der Waals surface area contributed by atoms with Gasteiger partial charge in [-0.05, 0) is 43.2 Å². The summed E-state index contributed by atoms with van der Waals surface area (Å²) in [6, 6.07) is 16.4. The van der Waals surface area contributed by atoms with E-state index >= 15 is 0 Å². The van der Waals surface area contributed by atoms with Gasteiger partial charge in [0.05, 0.1) is 17.8 Å². The first-order valence-corrected chi connectivity index (χ1v) is 10.8. The Morgan fingerprint density at radius 3 is 2.50 bits per heavy atom. The monoisotopic (exact) mass is 430 g/mol. The maximum atomic E-state index is 11.3. The van der Waals surface area contributed by atoms with Gasteiger partial charge in [-0.15, -0.1) is 0 Å². The van der Waals surface area contributed by atoms with Gasteiger partial charge in [0.15, 0.2) is 0 Å². The van der Waals surface area contributed by atoms with E-state index in [2.05, 4.69) is 54.3 Å². The summed E-state index contributed by atoms with van der Waals surface area (Å²) in [4.78, 5) is 4.24. The number of hydrogen-bond acceptors (Lipinski definition) is 6. The molecule has 164 valence electrons. The third-order valence-corrected chi connectivity index (χ3v) is 6.19. The standard InChI is InChI=1S/C25H26N4O3/c1-17-3-5-19(6-4-17)15-29-18(2)13-23(27-29)22-14-20(25(30)9-11-31-12-10-25)7-8-21(22)24-26-16-32-28-24/h3-8,13-14,16,30H,9-12,15H2,1-2H3. The third-order valence-electron chi connectivity index (χ3n) is 6.19. The Kier molecular flexibility index (Phi) is 5.36. The first-order valence-electron chi connectivity index (χ1n) is 10.8. The quantitative estimate of drug-likeness (QED) is 0.509. The van der Waals surface area contributed by atoms with Gasteiger partial charge in [0, 0.05) is 42.9 Å². The van der Waals surface area contributed by atoms with Crippen LogP contribution in [0.3, 0.4) is 0 Å². The predicted molar refractivity (Wildman–Crippen MR) is 120 cm³/mol. The zero-order chi connectivity index (χ0) is 22.1. The van der Waals surface area contributed by atoms with Crippen LogP contribution in [0.15, 0.2) is 59.4 Å². The van der Waals surface area contributed by atoms with Crippen LogP contribution in [0.5, 0.6) is 0 Å². The summed E-state index contributed by atoms with van der Waals surface area (Å²) < 4.78 is 12.4. The average molecular weight is 431 g/mol. The molecule has 7 nitrogen and oxygen atoms in total. The number of aromatic nitrogens is 4. The summed E-state index contributed by atoms with van der Waals surface area (Å²) >= 11 is 0. The molecule has 1 aliphatic heterocycles. The normalized spacial score (nSPS) is 15.7. The summed E-state index contributed by atoms with van der Waals surface area (Å²) in [5.41, 5.74) is 5.92. The van der Waals surface area contributed by atoms with Crippen molar-refractivity contribution in [1.29, 1.82) is 0 Å². The Morgan fingerprint density at radius 1 is 1.00 bits per heavy atom. The topological polar surface area (TPSA) is 86.2 Å². The minimum absolute atomic E-state index is 0.497. The van der Waals surface area contributed by atoms with E-state index in [0.29, 0.717) is 38.4 Å². The molecule has 32 heavy (non-hydrogen) atoms. The van der Waals surface area contributed by atoms with Crippen molar-refractivity contribution in [1.82, 2.24) is 19.9 Å². The summed E-state index contributed by atoms with van der Waals surface area (Å²) in [5, 5.41) is 20.2. The molecule has 0 spiro atoms. The van der Waals surface area contributed by atoms with E-state index in [1.165, 1.54) is 17.5 Å². The van der Waals surface area contributed by atoms with Gasteiger partial charge in [0.1, 0.15) is 0 Å². The molecule has 0 unspecified atom stereocenters. The Hall–Kier alpha value is -3.29. The molecule has 0 radical (unpaired) electrons. The van der Waals surface area contributed by atoms with Crippen molar-refractivity contribution in [3.8, 4) is 22.6 Å². The van der Waals surface area contributed by atoms with E-state index in [-0.39, 0.29) is 0 Å². The molecular weight excluding hydrogens is 404 g/mol. The molecule has 7 heteroatoms. The van der Waals surface area contributed by atoms with Crippen molar-refractivity contribution in [2.75, 3.05) is 13.2 Å². The molecule has 1 aliphatic rings. The summed E-state index contributed by atoms with van der Waals surface area (Å²) in [7, 11) is 0. The van der Waals surface area contributed by atoms with E-state index in [9.17, 15) is 5.11 Å². The summed E-state index contributed by atoms with van der Waals surface area (Å²) in [6.07, 6.45) is 2.45. The highest BCUT2D eigenvalue weighted by Gasteiger charge is 2.32. The van der Waals surface area contributed by atoms with Crippen LogP contribution in [0.1, 0.15) is 35.2 Å². The van der Waals surface area contributed by atoms with Crippen LogP contribution in [0, 0.1) is 13.8 Å². The number of aliphatic hydroxyl groups is 1. The fraction of sp³-hybridized carbons (Fsp3) is 0.320. The lowest BCUT2D eigenvalue weighted by molar-refractivity contribution is -0.0678. The van der Waals surface area contributed by atoms with Crippen LogP contribution in [0.2, 0.25) is 0 Å². The molecule has 2 aromatic heterocycles. The van der Waals surface area contributed by atoms with Crippen LogP contribution >= 0.6 is 0 Å². The SMILES string of the molecule is Cc1ccc(Cn2nc(-c3cc(C4(O)CCOCC4)ccc3-c3ncon3)cc2C)cc1. The number of benzene rings is 2. The maximum absolute atomic E-state index is 11.3. The number of nitrogens with zero attached hydrogens (tertiary/aromatic N) is 4. The molecule has 0 atom stereocenters. The predicted octanol–water partition coefficient (Wildman–Crippen LogP) is 4.26. The van der Waals surface area contributed by atoms with E-state index in [4.69, 9.17) is 14.4 Å². The molecule has 2 aromatic carbocycles. The first kappa shape index (κ1) is 20.6. The zero-order valence-corrected chi connectivity index (χ0v) is 18.3. The second kappa shape index (κ2) is 8.33. The van der Waals surface area contributed by atoms with Crippen molar-refractivity contribution >= 4 is 0 Å². The molecule has 0 aliphatic carbocycles. The maximum Gasteiger partial charge on any atom is 0.214 e. The van der Waals surface area contributed by atoms with Gasteiger partial charge in [-0.3, -0.25) is 4.68 Å². The fourth-order valence-electron chi connectivity index (χ4n) is 4.20. The van der Waals surface area contributed by atoms with Crippen LogP contribution in [-0.4, -0.2) is 38.2 Å². The van der Waals surface area contributed by atoms with Crippen molar-refractivity contribution in [3.05, 3.63) is 77.3 Å². The van der Waals surface area contributed by atoms with Crippen LogP contribution < -0.4 is 0 Å². The van der Waals surface area contributed by atoms with E-state index in [1.54, 1.807) is 0 Å². The Morgan fingerprint density at radius 2 is 1.78 bits per heavy atom. The molecule has 1 fully saturated rings. The molecule has 1 N–H and O–H groups in total. The molecule has 0 saturated carbocycles. The van der Waals surface area contributed by atoms with Crippen LogP contribution in [0.4, 0.5) is 0 Å². The van der Waals surface area contributed by atoms with Crippen molar-refractivity contribution in [2.24, 2.45) is 0 Å². The van der Waals surface area contributed by atoms with Gasteiger partial charge in [-0.1, -0.05) is 41.1 Å². The highest BCUT2D eigenvalue weighted by atomic mass is 16.5. The summed E-state index contributed by atoms with van der Waals surface area (Å²) in [6.45, 7) is 5.91. The number of rotatable bonds is 5. The third kappa shape index (κ3) is 3.97. The second-order valence-electron chi connectivity index (χ2n) is 8.47. The largest absolute Gasteiger partial charge is 0.385 e. The van der Waals surface area contributed by atoms with Gasteiger partial charge in [0.2, 0.25) is 12.2 Å². The molecule has 0 amide bonds. The molecule has 0 bridgehead atoms. The molecule has 1 saturated heterocycles. The lowest BCUT2D eigenvalue weighted by Gasteiger charge is -2.33. The lowest BCUT2D eigenvalue weighted by Crippen LogP contribution is -2.33. The molecule has 4 aromatic rings. The number of ether oxygens (including phenoxy) is 1. The Labute approximate surface area is 186 Å². The average Bonchev–Trinajstić information content (AvgIpc) is 3.46. The van der Waals surface area contributed by atoms with Crippen molar-refractivity contribution in [2.45, 2.75) is 38.8 Å². The lowest BCUT2D eigenvalue weighted by atomic mass is 9.84. The van der Waals surface area contributed by atoms with Crippen molar-refractivity contribution < 1.29 is 14.4 Å². The van der Waals surface area contributed by atoms with Gasteiger partial charge in [-0.25, -0.2) is 0 Å². The van der Waals surface area contributed by atoms with Gasteiger partial charge in [0.25, 0.3) is 0 Å². The number of aryl methyl sites for hydroxylation is 2. The molecular formula is C25H26N4O3. The first-order chi connectivity index (χ1) is 15.5. The zero-order valence-electron chi connectivity index (χ0n) is 18.3. The second-order valence-corrected chi connectivity index (χ2v) is 8.47. The van der Waals surface area contributed by atoms with Gasteiger partial charge >= 0.3 is 0 Å². The molecule has 5 rings (SSSR count). The Balaban J connectivity index is 1.56. The Bertz CT molecular complexity index is 1210. The fourth-order valence-corrected chi connectivity index (χ4v) is 4.20. The highest BCUT2D eigenvalue weighted by Crippen LogP contribution is 2.38. The summed E-state index contributed by atoms with van der Waals surface area (Å²) in [5.74, 6) is 0.497.